The summed E-state index contributed by atoms with van der Waals surface area (Å²) in [5, 5.41) is 13.8. The Balaban J connectivity index is 1.21. The van der Waals surface area contributed by atoms with Gasteiger partial charge in [-0.2, -0.15) is 13.2 Å². The molecule has 0 bridgehead atoms. The lowest BCUT2D eigenvalue weighted by Gasteiger charge is -2.36. The normalized spacial score (nSPS) is 20.5. The Labute approximate surface area is 213 Å². The van der Waals surface area contributed by atoms with Gasteiger partial charge in [0.05, 0.1) is 16.6 Å². The fourth-order valence-corrected chi connectivity index (χ4v) is 4.85. The van der Waals surface area contributed by atoms with E-state index in [0.29, 0.717) is 44.8 Å². The molecule has 0 radical (unpaired) electrons. The minimum atomic E-state index is -4.71. The van der Waals surface area contributed by atoms with Crippen molar-refractivity contribution in [2.24, 2.45) is 0 Å². The third-order valence-corrected chi connectivity index (χ3v) is 7.03. The van der Waals surface area contributed by atoms with E-state index in [0.717, 1.165) is 30.9 Å². The van der Waals surface area contributed by atoms with E-state index in [1.165, 1.54) is 5.56 Å². The number of anilines is 2. The van der Waals surface area contributed by atoms with Crippen molar-refractivity contribution in [3.8, 4) is 0 Å². The quantitative estimate of drug-likeness (QED) is 0.408. The summed E-state index contributed by atoms with van der Waals surface area (Å²) in [6.45, 7) is 4.81. The maximum atomic E-state index is 13.4. The van der Waals surface area contributed by atoms with Gasteiger partial charge < -0.3 is 19.9 Å². The van der Waals surface area contributed by atoms with Crippen LogP contribution >= 0.6 is 0 Å². The molecule has 1 aliphatic carbocycles. The lowest BCUT2D eigenvalue weighted by molar-refractivity contribution is -0.385. The van der Waals surface area contributed by atoms with Crippen LogP contribution in [0.5, 0.6) is 0 Å². The van der Waals surface area contributed by atoms with E-state index in [9.17, 15) is 28.1 Å². The van der Waals surface area contributed by atoms with Crippen LogP contribution in [0.15, 0.2) is 42.5 Å². The van der Waals surface area contributed by atoms with Crippen molar-refractivity contribution in [2.45, 2.75) is 50.9 Å². The van der Waals surface area contributed by atoms with Gasteiger partial charge in [0.1, 0.15) is 6.61 Å². The number of nitrogens with one attached hydrogen (secondary N) is 1. The molecule has 8 nitrogen and oxygen atoms in total. The first-order valence-electron chi connectivity index (χ1n) is 12.4. The molecule has 37 heavy (non-hydrogen) atoms. The van der Waals surface area contributed by atoms with Crippen molar-refractivity contribution in [1.82, 2.24) is 4.90 Å². The molecular weight excluding hydrogens is 489 g/mol. The standard InChI is InChI=1S/C26H31F3N4O4/c1-18-2-6-20(7-3-18)31-12-14-32(15-13-31)25(34)17-37-22-9-4-19(5-10-22)30-24-11-8-21(33(35)36)16-23(24)26(27,28)29/h2-3,6-8,11,16,19,22,30H,4-5,9-10,12-15,17H2,1H3/t19-,22-. The molecule has 1 heterocycles. The number of nitro groups is 1. The highest BCUT2D eigenvalue weighted by Gasteiger charge is 2.36. The summed E-state index contributed by atoms with van der Waals surface area (Å²) in [6.07, 6.45) is -2.47. The van der Waals surface area contributed by atoms with E-state index in [-0.39, 0.29) is 30.3 Å². The molecule has 2 aromatic rings. The van der Waals surface area contributed by atoms with Crippen LogP contribution in [0.2, 0.25) is 0 Å². The van der Waals surface area contributed by atoms with E-state index in [1.807, 2.05) is 11.8 Å². The van der Waals surface area contributed by atoms with Gasteiger partial charge >= 0.3 is 6.18 Å². The van der Waals surface area contributed by atoms with Crippen LogP contribution in [0.4, 0.5) is 30.2 Å². The Morgan fingerprint density at radius 3 is 2.30 bits per heavy atom. The second kappa shape index (κ2) is 11.4. The van der Waals surface area contributed by atoms with Gasteiger partial charge in [-0.05, 0) is 50.8 Å². The number of amides is 1. The minimum Gasteiger partial charge on any atom is -0.382 e. The molecule has 1 saturated carbocycles. The number of nitrogens with zero attached hydrogens (tertiary/aromatic N) is 3. The molecule has 1 N–H and O–H groups in total. The maximum absolute atomic E-state index is 13.4. The number of ether oxygens (including phenoxy) is 1. The zero-order valence-corrected chi connectivity index (χ0v) is 20.7. The minimum absolute atomic E-state index is 0.00608. The monoisotopic (exact) mass is 520 g/mol. The molecule has 0 aromatic heterocycles. The average Bonchev–Trinajstić information content (AvgIpc) is 2.88. The van der Waals surface area contributed by atoms with Gasteiger partial charge in [-0.3, -0.25) is 14.9 Å². The molecule has 11 heteroatoms. The molecule has 2 fully saturated rings. The van der Waals surface area contributed by atoms with Crippen LogP contribution in [0.1, 0.15) is 36.8 Å². The van der Waals surface area contributed by atoms with Crippen molar-refractivity contribution < 1.29 is 27.6 Å². The number of non-ortho nitro benzene ring substituents is 1. The number of alkyl halides is 3. The van der Waals surface area contributed by atoms with Gasteiger partial charge in [-0.1, -0.05) is 17.7 Å². The highest BCUT2D eigenvalue weighted by molar-refractivity contribution is 5.77. The van der Waals surface area contributed by atoms with E-state index < -0.39 is 22.4 Å². The first kappa shape index (κ1) is 26.7. The molecule has 0 spiro atoms. The molecule has 4 rings (SSSR count). The van der Waals surface area contributed by atoms with Crippen molar-refractivity contribution in [2.75, 3.05) is 43.0 Å². The third kappa shape index (κ3) is 6.91. The van der Waals surface area contributed by atoms with Gasteiger partial charge in [0, 0.05) is 55.7 Å². The van der Waals surface area contributed by atoms with Gasteiger partial charge in [-0.25, -0.2) is 0 Å². The van der Waals surface area contributed by atoms with E-state index in [1.54, 1.807) is 0 Å². The Hall–Kier alpha value is -3.34. The predicted octanol–water partition coefficient (Wildman–Crippen LogP) is 5.01. The zero-order chi connectivity index (χ0) is 26.6. The van der Waals surface area contributed by atoms with Crippen molar-refractivity contribution in [3.63, 3.8) is 0 Å². The summed E-state index contributed by atoms with van der Waals surface area (Å²) in [5.74, 6) is -0.0514. The van der Waals surface area contributed by atoms with Gasteiger partial charge in [0.15, 0.2) is 0 Å². The number of rotatable bonds is 7. The molecule has 1 aliphatic heterocycles. The highest BCUT2D eigenvalue weighted by Crippen LogP contribution is 2.38. The van der Waals surface area contributed by atoms with Crippen molar-refractivity contribution in [3.05, 3.63) is 63.7 Å². The number of carbonyl (C=O) groups is 1. The Kier molecular flexibility index (Phi) is 8.21. The summed E-state index contributed by atoms with van der Waals surface area (Å²) in [7, 11) is 0. The first-order valence-corrected chi connectivity index (χ1v) is 12.4. The number of hydrogen-bond acceptors (Lipinski definition) is 6. The molecule has 0 atom stereocenters. The van der Waals surface area contributed by atoms with Crippen LogP contribution in [-0.4, -0.2) is 60.7 Å². The number of halogens is 3. The van der Waals surface area contributed by atoms with Crippen LogP contribution in [0, 0.1) is 17.0 Å². The van der Waals surface area contributed by atoms with Crippen LogP contribution in [0.3, 0.4) is 0 Å². The van der Waals surface area contributed by atoms with E-state index >= 15 is 0 Å². The van der Waals surface area contributed by atoms with Gasteiger partial charge in [0.2, 0.25) is 5.91 Å². The Bertz CT molecular complexity index is 1090. The van der Waals surface area contributed by atoms with Crippen LogP contribution in [0.25, 0.3) is 0 Å². The second-order valence-corrected chi connectivity index (χ2v) is 9.62. The first-order chi connectivity index (χ1) is 17.6. The molecule has 2 aromatic carbocycles. The van der Waals surface area contributed by atoms with Crippen LogP contribution in [-0.2, 0) is 15.7 Å². The number of aryl methyl sites for hydroxylation is 1. The molecule has 0 unspecified atom stereocenters. The van der Waals surface area contributed by atoms with E-state index in [4.69, 9.17) is 4.74 Å². The maximum Gasteiger partial charge on any atom is 0.418 e. The molecule has 200 valence electrons. The van der Waals surface area contributed by atoms with Crippen molar-refractivity contribution >= 4 is 23.0 Å². The predicted molar refractivity (Wildman–Crippen MR) is 134 cm³/mol. The SMILES string of the molecule is Cc1ccc(N2CCN(C(=O)CO[C@H]3CC[C@H](Nc4ccc([N+](=O)[O-])cc4C(F)(F)F)CC3)CC2)cc1. The fourth-order valence-electron chi connectivity index (χ4n) is 4.85. The molecular formula is C26H31F3N4O4. The Morgan fingerprint density at radius 2 is 1.70 bits per heavy atom. The zero-order valence-electron chi connectivity index (χ0n) is 20.7. The molecule has 1 saturated heterocycles. The second-order valence-electron chi connectivity index (χ2n) is 9.62. The summed E-state index contributed by atoms with van der Waals surface area (Å²) >= 11 is 0. The number of carbonyl (C=O) groups excluding carboxylic acids is 1. The summed E-state index contributed by atoms with van der Waals surface area (Å²) in [4.78, 5) is 26.8. The number of nitro benzene ring substituents is 1. The largest absolute Gasteiger partial charge is 0.418 e. The van der Waals surface area contributed by atoms with Crippen molar-refractivity contribution in [1.29, 1.82) is 0 Å². The average molecular weight is 521 g/mol. The summed E-state index contributed by atoms with van der Waals surface area (Å²) in [5.41, 5.74) is 0.541. The number of piperazine rings is 1. The third-order valence-electron chi connectivity index (χ3n) is 7.03. The molecule has 2 aliphatic rings. The summed E-state index contributed by atoms with van der Waals surface area (Å²) < 4.78 is 46.2. The highest BCUT2D eigenvalue weighted by atomic mass is 19.4. The number of hydrogen-bond donors (Lipinski definition) is 1. The van der Waals surface area contributed by atoms with Gasteiger partial charge in [-0.15, -0.1) is 0 Å². The topological polar surface area (TPSA) is 88.0 Å². The van der Waals surface area contributed by atoms with Gasteiger partial charge in [0.25, 0.3) is 5.69 Å². The smallest absolute Gasteiger partial charge is 0.382 e. The van der Waals surface area contributed by atoms with E-state index in [2.05, 4.69) is 34.5 Å². The lowest BCUT2D eigenvalue weighted by Crippen LogP contribution is -2.50. The number of benzene rings is 2. The Morgan fingerprint density at radius 1 is 1.05 bits per heavy atom. The lowest BCUT2D eigenvalue weighted by atomic mass is 9.92. The summed E-state index contributed by atoms with van der Waals surface area (Å²) in [6, 6.07) is 10.9. The fraction of sp³-hybridized carbons (Fsp3) is 0.500. The molecule has 1 amide bonds. The van der Waals surface area contributed by atoms with Crippen LogP contribution < -0.4 is 10.2 Å².